The number of amides is 3. The van der Waals surface area contributed by atoms with Gasteiger partial charge in [0.1, 0.15) is 0 Å². The molecule has 2 N–H and O–H groups in total. The molecular formula is C7H14N2O2S. The molecule has 70 valence electrons. The van der Waals surface area contributed by atoms with Gasteiger partial charge in [0.2, 0.25) is 5.91 Å². The zero-order valence-corrected chi connectivity index (χ0v) is 8.33. The van der Waals surface area contributed by atoms with Gasteiger partial charge in [0, 0.05) is 6.04 Å². The monoisotopic (exact) mass is 190 g/mol. The van der Waals surface area contributed by atoms with Crippen LogP contribution in [0.1, 0.15) is 13.8 Å². The highest BCUT2D eigenvalue weighted by atomic mass is 32.2. The van der Waals surface area contributed by atoms with Crippen LogP contribution in [0.15, 0.2) is 0 Å². The van der Waals surface area contributed by atoms with Crippen molar-refractivity contribution >= 4 is 23.7 Å². The number of imide groups is 1. The van der Waals surface area contributed by atoms with Crippen molar-refractivity contribution in [3.8, 4) is 0 Å². The summed E-state index contributed by atoms with van der Waals surface area (Å²) in [5, 5.41) is 4.75. The lowest BCUT2D eigenvalue weighted by molar-refractivity contribution is -0.117. The Balaban J connectivity index is 3.62. The maximum atomic E-state index is 10.9. The second-order valence-electron chi connectivity index (χ2n) is 2.61. The standard InChI is InChI=1S/C7H14N2O2S/c1-5(2)8-7(11)9-6(10)4-12-3/h5H,4H2,1-3H3,(H2,8,9,10,11). The Kier molecular flexibility index (Phi) is 5.53. The smallest absolute Gasteiger partial charge is 0.321 e. The van der Waals surface area contributed by atoms with Crippen LogP contribution in [0.25, 0.3) is 0 Å². The van der Waals surface area contributed by atoms with Crippen LogP contribution in [0.2, 0.25) is 0 Å². The van der Waals surface area contributed by atoms with Gasteiger partial charge in [-0.15, -0.1) is 0 Å². The van der Waals surface area contributed by atoms with Crippen molar-refractivity contribution < 1.29 is 9.59 Å². The minimum Gasteiger partial charge on any atom is -0.336 e. The van der Waals surface area contributed by atoms with E-state index in [1.807, 2.05) is 13.8 Å². The molecule has 0 aromatic carbocycles. The van der Waals surface area contributed by atoms with E-state index in [-0.39, 0.29) is 11.9 Å². The van der Waals surface area contributed by atoms with Crippen molar-refractivity contribution in [3.63, 3.8) is 0 Å². The summed E-state index contributed by atoms with van der Waals surface area (Å²) in [6.45, 7) is 3.66. The van der Waals surface area contributed by atoms with Crippen LogP contribution in [0.3, 0.4) is 0 Å². The summed E-state index contributed by atoms with van der Waals surface area (Å²) in [4.78, 5) is 21.7. The molecule has 0 aromatic heterocycles. The van der Waals surface area contributed by atoms with Gasteiger partial charge in [0.25, 0.3) is 0 Å². The first-order chi connectivity index (χ1) is 5.56. The average molecular weight is 190 g/mol. The van der Waals surface area contributed by atoms with Gasteiger partial charge < -0.3 is 5.32 Å². The lowest BCUT2D eigenvalue weighted by Gasteiger charge is -2.08. The summed E-state index contributed by atoms with van der Waals surface area (Å²) < 4.78 is 0. The van der Waals surface area contributed by atoms with Crippen LogP contribution >= 0.6 is 11.8 Å². The SMILES string of the molecule is CSCC(=O)NC(=O)NC(C)C. The van der Waals surface area contributed by atoms with E-state index in [0.29, 0.717) is 5.75 Å². The fourth-order valence-electron chi connectivity index (χ4n) is 0.592. The second-order valence-corrected chi connectivity index (χ2v) is 3.48. The van der Waals surface area contributed by atoms with Crippen LogP contribution in [0.5, 0.6) is 0 Å². The molecule has 12 heavy (non-hydrogen) atoms. The van der Waals surface area contributed by atoms with Crippen LogP contribution < -0.4 is 10.6 Å². The van der Waals surface area contributed by atoms with E-state index in [1.54, 1.807) is 6.26 Å². The molecule has 0 radical (unpaired) electrons. The lowest BCUT2D eigenvalue weighted by atomic mass is 10.4. The number of hydrogen-bond acceptors (Lipinski definition) is 3. The highest BCUT2D eigenvalue weighted by molar-refractivity contribution is 7.99. The Hall–Kier alpha value is -0.710. The molecule has 0 atom stereocenters. The maximum absolute atomic E-state index is 10.9. The van der Waals surface area contributed by atoms with Gasteiger partial charge in [-0.2, -0.15) is 11.8 Å². The van der Waals surface area contributed by atoms with E-state index in [2.05, 4.69) is 10.6 Å². The molecule has 0 aliphatic rings. The minimum atomic E-state index is -0.427. The van der Waals surface area contributed by atoms with Gasteiger partial charge in [-0.05, 0) is 20.1 Å². The summed E-state index contributed by atoms with van der Waals surface area (Å²) in [6.07, 6.45) is 1.81. The molecule has 3 amide bonds. The van der Waals surface area contributed by atoms with Gasteiger partial charge >= 0.3 is 6.03 Å². The van der Waals surface area contributed by atoms with Crippen LogP contribution in [-0.2, 0) is 4.79 Å². The highest BCUT2D eigenvalue weighted by Gasteiger charge is 2.06. The normalized spacial score (nSPS) is 9.67. The molecule has 5 heteroatoms. The van der Waals surface area contributed by atoms with Crippen LogP contribution in [0, 0.1) is 0 Å². The number of rotatable bonds is 3. The van der Waals surface area contributed by atoms with Gasteiger partial charge in [-0.25, -0.2) is 4.79 Å². The van der Waals surface area contributed by atoms with Gasteiger partial charge in [0.05, 0.1) is 5.75 Å². The van der Waals surface area contributed by atoms with Gasteiger partial charge in [-0.3, -0.25) is 10.1 Å². The van der Waals surface area contributed by atoms with Gasteiger partial charge in [0.15, 0.2) is 0 Å². The first-order valence-electron chi connectivity index (χ1n) is 3.65. The van der Waals surface area contributed by atoms with Crippen molar-refractivity contribution in [2.75, 3.05) is 12.0 Å². The fraction of sp³-hybridized carbons (Fsp3) is 0.714. The molecule has 0 fully saturated rings. The quantitative estimate of drug-likeness (QED) is 0.684. The molecule has 0 saturated heterocycles. The predicted molar refractivity (Wildman–Crippen MR) is 50.2 cm³/mol. The van der Waals surface area contributed by atoms with Crippen molar-refractivity contribution in [1.29, 1.82) is 0 Å². The third kappa shape index (κ3) is 6.03. The number of urea groups is 1. The van der Waals surface area contributed by atoms with Crippen LogP contribution in [-0.4, -0.2) is 30.0 Å². The van der Waals surface area contributed by atoms with Crippen molar-refractivity contribution in [2.24, 2.45) is 0 Å². The van der Waals surface area contributed by atoms with E-state index in [9.17, 15) is 9.59 Å². The summed E-state index contributed by atoms with van der Waals surface area (Å²) in [6, 6.07) is -0.379. The van der Waals surface area contributed by atoms with E-state index in [4.69, 9.17) is 0 Å². The first kappa shape index (κ1) is 11.3. The second kappa shape index (κ2) is 5.88. The first-order valence-corrected chi connectivity index (χ1v) is 5.05. The Morgan fingerprint density at radius 2 is 2.00 bits per heavy atom. The molecule has 0 bridgehead atoms. The van der Waals surface area contributed by atoms with Gasteiger partial charge in [-0.1, -0.05) is 0 Å². The Morgan fingerprint density at radius 1 is 1.42 bits per heavy atom. The minimum absolute atomic E-state index is 0.0482. The zero-order chi connectivity index (χ0) is 9.56. The number of thioether (sulfide) groups is 1. The Labute approximate surface area is 76.5 Å². The lowest BCUT2D eigenvalue weighted by Crippen LogP contribution is -2.43. The van der Waals surface area contributed by atoms with Crippen molar-refractivity contribution in [2.45, 2.75) is 19.9 Å². The number of hydrogen-bond donors (Lipinski definition) is 2. The summed E-state index contributed by atoms with van der Waals surface area (Å²) in [5.41, 5.74) is 0. The molecule has 4 nitrogen and oxygen atoms in total. The van der Waals surface area contributed by atoms with E-state index in [1.165, 1.54) is 11.8 Å². The molecule has 0 aliphatic carbocycles. The Morgan fingerprint density at radius 3 is 2.42 bits per heavy atom. The third-order valence-electron chi connectivity index (χ3n) is 0.948. The zero-order valence-electron chi connectivity index (χ0n) is 7.51. The molecule has 0 aromatic rings. The predicted octanol–water partition coefficient (Wildman–Crippen LogP) is 0.584. The third-order valence-corrected chi connectivity index (χ3v) is 1.50. The Bertz CT molecular complexity index is 171. The molecule has 0 rings (SSSR count). The number of nitrogens with one attached hydrogen (secondary N) is 2. The number of carbonyl (C=O) groups excluding carboxylic acids is 2. The van der Waals surface area contributed by atoms with Crippen LogP contribution in [0.4, 0.5) is 4.79 Å². The fourth-order valence-corrected chi connectivity index (χ4v) is 0.926. The largest absolute Gasteiger partial charge is 0.336 e. The number of carbonyl (C=O) groups is 2. The molecule has 0 saturated carbocycles. The molecule has 0 heterocycles. The van der Waals surface area contributed by atoms with E-state index >= 15 is 0 Å². The summed E-state index contributed by atoms with van der Waals surface area (Å²) >= 11 is 1.38. The van der Waals surface area contributed by atoms with Crippen molar-refractivity contribution in [3.05, 3.63) is 0 Å². The molecule has 0 spiro atoms. The van der Waals surface area contributed by atoms with E-state index < -0.39 is 6.03 Å². The van der Waals surface area contributed by atoms with E-state index in [0.717, 1.165) is 0 Å². The topological polar surface area (TPSA) is 58.2 Å². The molecular weight excluding hydrogens is 176 g/mol. The van der Waals surface area contributed by atoms with Crippen molar-refractivity contribution in [1.82, 2.24) is 10.6 Å². The summed E-state index contributed by atoms with van der Waals surface area (Å²) in [5.74, 6) is 0.0477. The molecule has 0 aliphatic heterocycles. The molecule has 0 unspecified atom stereocenters. The average Bonchev–Trinajstić information content (AvgIpc) is 1.84. The highest BCUT2D eigenvalue weighted by Crippen LogP contribution is 1.88. The maximum Gasteiger partial charge on any atom is 0.321 e. The summed E-state index contributed by atoms with van der Waals surface area (Å²) in [7, 11) is 0.